The first-order valence-electron chi connectivity index (χ1n) is 32.5. The van der Waals surface area contributed by atoms with Crippen molar-refractivity contribution in [1.82, 2.24) is 24.1 Å². The zero-order valence-electron chi connectivity index (χ0n) is 52.8. The SMILES string of the molecule is [C-]#[N+]c1ccccc1-c1ccc(-n2c3ccc(-c4ccccc4)cc3c3cc(-c4ccccc4)ccc32)c(-c2nc(-c3ccc(-c4ccccc4C#N)cc3)nc(-c3cc(-c4ccccc4C#N)ccc3-n3c4ccc(-c5ccccc5)cc4c4cc(-c5ccccc5)ccc43)n2)c1. The summed E-state index contributed by atoms with van der Waals surface area (Å²) in [5, 5.41) is 25.3. The molecule has 0 radical (unpaired) electrons. The van der Waals surface area contributed by atoms with Crippen LogP contribution in [0.1, 0.15) is 11.1 Å². The Morgan fingerprint density at radius 1 is 0.255 bits per heavy atom. The minimum absolute atomic E-state index is 0.382. The molecule has 0 spiro atoms. The summed E-state index contributed by atoms with van der Waals surface area (Å²) in [7, 11) is 0. The van der Waals surface area contributed by atoms with Gasteiger partial charge in [-0.15, -0.1) is 0 Å². The Kier molecular flexibility index (Phi) is 14.5. The number of nitrogens with zero attached hydrogens (tertiary/aromatic N) is 8. The molecule has 0 atom stereocenters. The van der Waals surface area contributed by atoms with Gasteiger partial charge in [0.1, 0.15) is 0 Å². The van der Waals surface area contributed by atoms with Gasteiger partial charge in [0.05, 0.1) is 63.3 Å². The number of nitriles is 2. The lowest BCUT2D eigenvalue weighted by Gasteiger charge is -2.19. The molecule has 454 valence electrons. The zero-order chi connectivity index (χ0) is 65.6. The number of benzene rings is 14. The fourth-order valence-corrected chi connectivity index (χ4v) is 14.0. The smallest absolute Gasteiger partial charge is 0.194 e. The predicted octanol–water partition coefficient (Wildman–Crippen LogP) is 23.0. The Balaban J connectivity index is 0.971. The van der Waals surface area contributed by atoms with Crippen molar-refractivity contribution in [2.45, 2.75) is 0 Å². The highest BCUT2D eigenvalue weighted by atomic mass is 15.1. The van der Waals surface area contributed by atoms with Gasteiger partial charge >= 0.3 is 0 Å². The summed E-state index contributed by atoms with van der Waals surface area (Å²) in [5.74, 6) is 1.17. The molecule has 0 fully saturated rings. The topological polar surface area (TPSA) is 100 Å². The van der Waals surface area contributed by atoms with E-state index in [9.17, 15) is 10.5 Å². The van der Waals surface area contributed by atoms with E-state index in [1.165, 1.54) is 0 Å². The van der Waals surface area contributed by atoms with Gasteiger partial charge in [-0.2, -0.15) is 10.5 Å². The predicted molar refractivity (Wildman–Crippen MR) is 399 cm³/mol. The molecule has 98 heavy (non-hydrogen) atoms. The third kappa shape index (κ3) is 10.3. The van der Waals surface area contributed by atoms with Crippen LogP contribution in [0.3, 0.4) is 0 Å². The van der Waals surface area contributed by atoms with Gasteiger partial charge in [-0.1, -0.05) is 243 Å². The molecule has 0 saturated carbocycles. The van der Waals surface area contributed by atoms with Gasteiger partial charge in [0.2, 0.25) is 0 Å². The minimum atomic E-state index is 0.382. The van der Waals surface area contributed by atoms with E-state index in [0.717, 1.165) is 133 Å². The molecule has 17 rings (SSSR count). The van der Waals surface area contributed by atoms with Crippen LogP contribution in [-0.2, 0) is 0 Å². The molecule has 8 nitrogen and oxygen atoms in total. The average molecular weight is 1250 g/mol. The standard InChI is InChI=1S/C90H54N8/c1-93-81-33-19-18-32-74(81)69-43-49-87(98-84-46-40-66(60-24-10-4-11-25-60)52-77(84)78-53-67(41-47-85(78)98)61-26-12-5-13-27-61)80(55-69)90-95-88(63-36-34-62(35-37-63)72-30-16-14-28-70(72)56-91)94-89(96-90)79-54-68(73-31-17-15-29-71(73)57-92)42-48-86(79)97-82-44-38-64(58-20-6-2-7-21-58)50-75(82)76-51-65(39-45-83(76)97)59-22-8-3-9-23-59/h2-55H. The van der Waals surface area contributed by atoms with Crippen molar-refractivity contribution in [3.63, 3.8) is 0 Å². The fraction of sp³-hybridized carbons (Fsp3) is 0. The van der Waals surface area contributed by atoms with Gasteiger partial charge in [0.15, 0.2) is 23.2 Å². The molecule has 0 unspecified atom stereocenters. The molecule has 3 aromatic heterocycles. The Bertz CT molecular complexity index is 5610. The van der Waals surface area contributed by atoms with Crippen LogP contribution in [0, 0.1) is 29.2 Å². The molecule has 17 aromatic rings. The molecular formula is C90H54N8. The molecule has 0 saturated heterocycles. The molecule has 3 heterocycles. The molecule has 0 aliphatic carbocycles. The maximum absolute atomic E-state index is 10.7. The van der Waals surface area contributed by atoms with E-state index in [-0.39, 0.29) is 0 Å². The lowest BCUT2D eigenvalue weighted by atomic mass is 9.97. The number of hydrogen-bond acceptors (Lipinski definition) is 5. The van der Waals surface area contributed by atoms with Gasteiger partial charge in [0.25, 0.3) is 0 Å². The second-order valence-electron chi connectivity index (χ2n) is 24.4. The third-order valence-electron chi connectivity index (χ3n) is 18.7. The molecule has 14 aromatic carbocycles. The van der Waals surface area contributed by atoms with Crippen LogP contribution in [0.4, 0.5) is 5.69 Å². The maximum Gasteiger partial charge on any atom is 0.194 e. The summed E-state index contributed by atoms with van der Waals surface area (Å²) in [5.41, 5.74) is 22.9. The average Bonchev–Trinajstić information content (AvgIpc) is 1.59. The molecule has 0 aliphatic heterocycles. The quantitative estimate of drug-likeness (QED) is 0.113. The molecular weight excluding hydrogens is 1190 g/mol. The number of hydrogen-bond donors (Lipinski definition) is 0. The summed E-state index contributed by atoms with van der Waals surface area (Å²) in [4.78, 5) is 21.1. The second kappa shape index (κ2) is 24.6. The van der Waals surface area contributed by atoms with Crippen molar-refractivity contribution in [3.8, 4) is 136 Å². The van der Waals surface area contributed by atoms with Crippen molar-refractivity contribution in [3.05, 3.63) is 350 Å². The van der Waals surface area contributed by atoms with Crippen LogP contribution in [0.15, 0.2) is 328 Å². The minimum Gasteiger partial charge on any atom is -0.308 e. The lowest BCUT2D eigenvalue weighted by molar-refractivity contribution is 1.06. The van der Waals surface area contributed by atoms with E-state index in [1.807, 2.05) is 121 Å². The Hall–Kier alpha value is -13.8. The van der Waals surface area contributed by atoms with E-state index in [1.54, 1.807) is 0 Å². The zero-order valence-corrected chi connectivity index (χ0v) is 52.8. The molecule has 0 N–H and O–H groups in total. The van der Waals surface area contributed by atoms with E-state index >= 15 is 0 Å². The highest BCUT2D eigenvalue weighted by molar-refractivity contribution is 6.14. The van der Waals surface area contributed by atoms with E-state index in [0.29, 0.717) is 51.0 Å². The fourth-order valence-electron chi connectivity index (χ4n) is 14.0. The first-order chi connectivity index (χ1) is 48.4. The third-order valence-corrected chi connectivity index (χ3v) is 18.7. The second-order valence-corrected chi connectivity index (χ2v) is 24.4. The monoisotopic (exact) mass is 1250 g/mol. The highest BCUT2D eigenvalue weighted by Gasteiger charge is 2.26. The van der Waals surface area contributed by atoms with Crippen molar-refractivity contribution in [1.29, 1.82) is 10.5 Å². The van der Waals surface area contributed by atoms with Crippen LogP contribution in [0.25, 0.3) is 172 Å². The summed E-state index contributed by atoms with van der Waals surface area (Å²) in [6.45, 7) is 8.42. The number of para-hydroxylation sites is 1. The van der Waals surface area contributed by atoms with Gasteiger partial charge in [0, 0.05) is 38.2 Å². The van der Waals surface area contributed by atoms with Crippen molar-refractivity contribution in [2.75, 3.05) is 0 Å². The number of fused-ring (bicyclic) bond motifs is 6. The Morgan fingerprint density at radius 3 is 0.949 bits per heavy atom. The largest absolute Gasteiger partial charge is 0.308 e. The first-order valence-corrected chi connectivity index (χ1v) is 32.5. The first kappa shape index (κ1) is 58.0. The van der Waals surface area contributed by atoms with Crippen molar-refractivity contribution >= 4 is 49.3 Å². The van der Waals surface area contributed by atoms with Crippen molar-refractivity contribution < 1.29 is 0 Å². The van der Waals surface area contributed by atoms with Crippen molar-refractivity contribution in [2.24, 2.45) is 0 Å². The number of aromatic nitrogens is 5. The van der Waals surface area contributed by atoms with E-state index in [4.69, 9.17) is 21.5 Å². The van der Waals surface area contributed by atoms with Crippen LogP contribution in [0.5, 0.6) is 0 Å². The normalized spacial score (nSPS) is 11.2. The van der Waals surface area contributed by atoms with Gasteiger partial charge < -0.3 is 9.13 Å². The molecule has 8 heteroatoms. The van der Waals surface area contributed by atoms with Gasteiger partial charge in [-0.25, -0.2) is 19.8 Å². The summed E-state index contributed by atoms with van der Waals surface area (Å²) < 4.78 is 4.65. The van der Waals surface area contributed by atoms with E-state index < -0.39 is 0 Å². The summed E-state index contributed by atoms with van der Waals surface area (Å²) >= 11 is 0. The Labute approximate surface area is 566 Å². The maximum atomic E-state index is 10.7. The Morgan fingerprint density at radius 2 is 0.561 bits per heavy atom. The van der Waals surface area contributed by atoms with Gasteiger partial charge in [-0.3, -0.25) is 0 Å². The summed E-state index contributed by atoms with van der Waals surface area (Å²) in [6, 6.07) is 117. The number of rotatable bonds is 12. The van der Waals surface area contributed by atoms with Crippen LogP contribution in [-0.4, -0.2) is 24.1 Å². The van der Waals surface area contributed by atoms with E-state index in [2.05, 4.69) is 232 Å². The molecule has 0 aliphatic rings. The lowest BCUT2D eigenvalue weighted by Crippen LogP contribution is -2.06. The van der Waals surface area contributed by atoms with Gasteiger partial charge in [-0.05, 0) is 163 Å². The van der Waals surface area contributed by atoms with Crippen LogP contribution >= 0.6 is 0 Å². The molecule has 0 bridgehead atoms. The van der Waals surface area contributed by atoms with Crippen LogP contribution < -0.4 is 0 Å². The summed E-state index contributed by atoms with van der Waals surface area (Å²) in [6.07, 6.45) is 0. The van der Waals surface area contributed by atoms with Crippen LogP contribution in [0.2, 0.25) is 0 Å². The highest BCUT2D eigenvalue weighted by Crippen LogP contribution is 2.45. The molecule has 0 amide bonds.